The zero-order chi connectivity index (χ0) is 12.7. The van der Waals surface area contributed by atoms with Crippen molar-refractivity contribution >= 4 is 0 Å². The van der Waals surface area contributed by atoms with Gasteiger partial charge in [0.05, 0.1) is 6.07 Å². The summed E-state index contributed by atoms with van der Waals surface area (Å²) in [4.78, 5) is 2.38. The normalized spacial score (nSPS) is 19.7. The van der Waals surface area contributed by atoms with Crippen molar-refractivity contribution in [2.75, 3.05) is 26.7 Å². The molecule has 0 spiro atoms. The van der Waals surface area contributed by atoms with E-state index in [9.17, 15) is 5.26 Å². The van der Waals surface area contributed by atoms with Crippen LogP contribution in [0.15, 0.2) is 0 Å². The number of nitriles is 1. The SMILES string of the molecule is CCCNC(C)(C#N)CCN(C)CC1CCC1. The van der Waals surface area contributed by atoms with E-state index >= 15 is 0 Å². The fourth-order valence-electron chi connectivity index (χ4n) is 2.21. The summed E-state index contributed by atoms with van der Waals surface area (Å²) in [6.07, 6.45) is 6.19. The van der Waals surface area contributed by atoms with E-state index < -0.39 is 0 Å². The number of rotatable bonds is 8. The Hall–Kier alpha value is -0.590. The van der Waals surface area contributed by atoms with Crippen molar-refractivity contribution in [3.63, 3.8) is 0 Å². The molecule has 3 nitrogen and oxygen atoms in total. The van der Waals surface area contributed by atoms with Gasteiger partial charge in [0.2, 0.25) is 0 Å². The quantitative estimate of drug-likeness (QED) is 0.704. The third-order valence-electron chi connectivity index (χ3n) is 3.80. The molecule has 1 saturated carbocycles. The summed E-state index contributed by atoms with van der Waals surface area (Å²) in [6, 6.07) is 2.41. The molecule has 1 rings (SSSR count). The highest BCUT2D eigenvalue weighted by atomic mass is 15.1. The first-order chi connectivity index (χ1) is 8.09. The second-order valence-corrected chi connectivity index (χ2v) is 5.68. The van der Waals surface area contributed by atoms with E-state index in [1.54, 1.807) is 0 Å². The Bertz CT molecular complexity index is 255. The smallest absolute Gasteiger partial charge is 0.105 e. The van der Waals surface area contributed by atoms with Gasteiger partial charge < -0.3 is 4.90 Å². The standard InChI is InChI=1S/C14H27N3/c1-4-9-16-14(2,12-15)8-10-17(3)11-13-6-5-7-13/h13,16H,4-11H2,1-3H3. The Balaban J connectivity index is 2.23. The van der Waals surface area contributed by atoms with Crippen molar-refractivity contribution in [1.82, 2.24) is 10.2 Å². The molecule has 1 aliphatic rings. The fraction of sp³-hybridized carbons (Fsp3) is 0.929. The van der Waals surface area contributed by atoms with E-state index in [2.05, 4.69) is 30.3 Å². The molecule has 0 aromatic rings. The zero-order valence-electron chi connectivity index (χ0n) is 11.6. The van der Waals surface area contributed by atoms with Gasteiger partial charge in [-0.25, -0.2) is 0 Å². The fourth-order valence-corrected chi connectivity index (χ4v) is 2.21. The van der Waals surface area contributed by atoms with Crippen LogP contribution in [0.2, 0.25) is 0 Å². The summed E-state index contributed by atoms with van der Waals surface area (Å²) in [5.74, 6) is 0.914. The first-order valence-corrected chi connectivity index (χ1v) is 6.94. The lowest BCUT2D eigenvalue weighted by molar-refractivity contribution is 0.194. The number of hydrogen-bond donors (Lipinski definition) is 1. The predicted molar refractivity (Wildman–Crippen MR) is 71.8 cm³/mol. The molecule has 0 heterocycles. The highest BCUT2D eigenvalue weighted by Gasteiger charge is 2.24. The Morgan fingerprint density at radius 2 is 2.18 bits per heavy atom. The van der Waals surface area contributed by atoms with Crippen molar-refractivity contribution in [1.29, 1.82) is 5.26 Å². The zero-order valence-corrected chi connectivity index (χ0v) is 11.6. The molecule has 0 saturated heterocycles. The van der Waals surface area contributed by atoms with Gasteiger partial charge in [0.1, 0.15) is 5.54 Å². The van der Waals surface area contributed by atoms with Crippen molar-refractivity contribution in [3.05, 3.63) is 0 Å². The Morgan fingerprint density at radius 3 is 2.65 bits per heavy atom. The Labute approximate surface area is 106 Å². The second kappa shape index (κ2) is 6.98. The van der Waals surface area contributed by atoms with Crippen LogP contribution in [0.4, 0.5) is 0 Å². The molecule has 0 aliphatic heterocycles. The molecule has 0 aromatic carbocycles. The van der Waals surface area contributed by atoms with Crippen molar-refractivity contribution in [2.24, 2.45) is 5.92 Å². The van der Waals surface area contributed by atoms with Gasteiger partial charge in [-0.1, -0.05) is 13.3 Å². The lowest BCUT2D eigenvalue weighted by Crippen LogP contribution is -2.44. The van der Waals surface area contributed by atoms with Crippen molar-refractivity contribution in [3.8, 4) is 6.07 Å². The molecule has 1 aliphatic carbocycles. The summed E-state index contributed by atoms with van der Waals surface area (Å²) < 4.78 is 0. The third-order valence-corrected chi connectivity index (χ3v) is 3.80. The van der Waals surface area contributed by atoms with Crippen LogP contribution in [0.1, 0.15) is 46.0 Å². The Morgan fingerprint density at radius 1 is 1.47 bits per heavy atom. The molecule has 0 bridgehead atoms. The minimum absolute atomic E-state index is 0.357. The molecule has 3 heteroatoms. The highest BCUT2D eigenvalue weighted by Crippen LogP contribution is 2.26. The minimum atomic E-state index is -0.357. The molecule has 1 N–H and O–H groups in total. The van der Waals surface area contributed by atoms with Crippen LogP contribution in [0.25, 0.3) is 0 Å². The maximum atomic E-state index is 9.23. The molecular formula is C14H27N3. The van der Waals surface area contributed by atoms with E-state index in [4.69, 9.17) is 0 Å². The van der Waals surface area contributed by atoms with Gasteiger partial charge in [-0.15, -0.1) is 0 Å². The van der Waals surface area contributed by atoms with Crippen LogP contribution in [-0.2, 0) is 0 Å². The maximum Gasteiger partial charge on any atom is 0.105 e. The predicted octanol–water partition coefficient (Wildman–Crippen LogP) is 2.39. The van der Waals surface area contributed by atoms with Gasteiger partial charge >= 0.3 is 0 Å². The Kier molecular flexibility index (Phi) is 5.94. The van der Waals surface area contributed by atoms with Crippen LogP contribution in [-0.4, -0.2) is 37.1 Å². The van der Waals surface area contributed by atoms with E-state index in [0.29, 0.717) is 0 Å². The van der Waals surface area contributed by atoms with Crippen molar-refractivity contribution in [2.45, 2.75) is 51.5 Å². The molecule has 0 amide bonds. The average Bonchev–Trinajstić information content (AvgIpc) is 2.29. The molecule has 17 heavy (non-hydrogen) atoms. The molecule has 1 fully saturated rings. The lowest BCUT2D eigenvalue weighted by atomic mass is 9.85. The van der Waals surface area contributed by atoms with Gasteiger partial charge in [-0.05, 0) is 52.1 Å². The van der Waals surface area contributed by atoms with Crippen LogP contribution in [0.3, 0.4) is 0 Å². The summed E-state index contributed by atoms with van der Waals surface area (Å²) in [5, 5.41) is 12.6. The average molecular weight is 237 g/mol. The summed E-state index contributed by atoms with van der Waals surface area (Å²) in [5.41, 5.74) is -0.357. The maximum absolute atomic E-state index is 9.23. The van der Waals surface area contributed by atoms with E-state index in [1.807, 2.05) is 6.92 Å². The third kappa shape index (κ3) is 5.06. The van der Waals surface area contributed by atoms with Gasteiger partial charge in [0, 0.05) is 13.1 Å². The summed E-state index contributed by atoms with van der Waals surface area (Å²) in [7, 11) is 2.18. The van der Waals surface area contributed by atoms with Gasteiger partial charge in [-0.3, -0.25) is 5.32 Å². The number of nitrogens with one attached hydrogen (secondary N) is 1. The van der Waals surface area contributed by atoms with Gasteiger partial charge in [0.15, 0.2) is 0 Å². The molecule has 98 valence electrons. The first-order valence-electron chi connectivity index (χ1n) is 6.94. The van der Waals surface area contributed by atoms with Gasteiger partial charge in [-0.2, -0.15) is 5.26 Å². The molecular weight excluding hydrogens is 210 g/mol. The molecule has 0 radical (unpaired) electrons. The van der Waals surface area contributed by atoms with Crippen LogP contribution < -0.4 is 5.32 Å². The minimum Gasteiger partial charge on any atom is -0.306 e. The highest BCUT2D eigenvalue weighted by molar-refractivity contribution is 5.03. The lowest BCUT2D eigenvalue weighted by Gasteiger charge is -2.32. The van der Waals surface area contributed by atoms with E-state index in [1.165, 1.54) is 25.8 Å². The van der Waals surface area contributed by atoms with Crippen molar-refractivity contribution < 1.29 is 0 Å². The largest absolute Gasteiger partial charge is 0.306 e. The summed E-state index contributed by atoms with van der Waals surface area (Å²) >= 11 is 0. The molecule has 0 aromatic heterocycles. The molecule has 1 unspecified atom stereocenters. The monoisotopic (exact) mass is 237 g/mol. The number of hydrogen-bond acceptors (Lipinski definition) is 3. The number of nitrogens with zero attached hydrogens (tertiary/aromatic N) is 2. The van der Waals surface area contributed by atoms with Gasteiger partial charge in [0.25, 0.3) is 0 Å². The molecule has 1 atom stereocenters. The van der Waals surface area contributed by atoms with Crippen LogP contribution in [0.5, 0.6) is 0 Å². The van der Waals surface area contributed by atoms with Crippen LogP contribution in [0, 0.1) is 17.2 Å². The van der Waals surface area contributed by atoms with E-state index in [-0.39, 0.29) is 5.54 Å². The second-order valence-electron chi connectivity index (χ2n) is 5.68. The van der Waals surface area contributed by atoms with Crippen LogP contribution >= 0.6 is 0 Å². The van der Waals surface area contributed by atoms with E-state index in [0.717, 1.165) is 31.8 Å². The summed E-state index contributed by atoms with van der Waals surface area (Å²) in [6.45, 7) is 7.29. The topological polar surface area (TPSA) is 39.1 Å². The first kappa shape index (κ1) is 14.5.